The average Bonchev–Trinajstić information content (AvgIpc) is 2.82. The van der Waals surface area contributed by atoms with Crippen molar-refractivity contribution in [2.24, 2.45) is 5.92 Å². The molecule has 0 amide bonds. The summed E-state index contributed by atoms with van der Waals surface area (Å²) >= 11 is 0. The molecule has 2 aliphatic rings. The molecule has 5 rings (SSSR count). The van der Waals surface area contributed by atoms with Crippen molar-refractivity contribution in [3.8, 4) is 17.2 Å². The van der Waals surface area contributed by atoms with Crippen molar-refractivity contribution in [1.82, 2.24) is 9.80 Å². The minimum absolute atomic E-state index is 0.0827. The second-order valence-electron chi connectivity index (χ2n) is 10.0. The van der Waals surface area contributed by atoms with Gasteiger partial charge in [0.15, 0.2) is 0 Å². The van der Waals surface area contributed by atoms with Crippen molar-refractivity contribution in [2.45, 2.75) is 38.3 Å². The quantitative estimate of drug-likeness (QED) is 0.552. The summed E-state index contributed by atoms with van der Waals surface area (Å²) in [6.07, 6.45) is 1.12. The monoisotopic (exact) mass is 442 g/mol. The van der Waals surface area contributed by atoms with E-state index in [1.54, 1.807) is 6.07 Å². The van der Waals surface area contributed by atoms with Gasteiger partial charge in [0.05, 0.1) is 0 Å². The molecule has 0 bridgehead atoms. The van der Waals surface area contributed by atoms with Crippen molar-refractivity contribution < 1.29 is 9.84 Å². The van der Waals surface area contributed by atoms with E-state index in [0.717, 1.165) is 50.6 Å². The van der Waals surface area contributed by atoms with Crippen molar-refractivity contribution in [3.05, 3.63) is 90.0 Å². The summed E-state index contributed by atoms with van der Waals surface area (Å²) in [5.74, 6) is 2.66. The summed E-state index contributed by atoms with van der Waals surface area (Å²) < 4.78 is 5.94. The largest absolute Gasteiger partial charge is 0.508 e. The molecule has 4 heteroatoms. The molecule has 0 saturated carbocycles. The third-order valence-electron chi connectivity index (χ3n) is 7.76. The molecule has 0 aromatic heterocycles. The number of piperazine rings is 1. The van der Waals surface area contributed by atoms with Gasteiger partial charge in [0, 0.05) is 38.8 Å². The standard InChI is InChI=1S/C29H34N2O2/c1-22-19-31-16-15-30(21-25(31)18-29(22,2)24-7-6-8-26(32)17-24)20-23-11-13-28(14-12-23)33-27-9-4-3-5-10-27/h3-14,17,22,25,32H,15-16,18-21H2,1-2H3. The highest BCUT2D eigenvalue weighted by Crippen LogP contribution is 2.43. The number of phenols is 1. The number of benzene rings is 3. The highest BCUT2D eigenvalue weighted by atomic mass is 16.5. The van der Waals surface area contributed by atoms with Crippen LogP contribution in [0.15, 0.2) is 78.9 Å². The molecule has 1 N–H and O–H groups in total. The summed E-state index contributed by atoms with van der Waals surface area (Å²) in [6.45, 7) is 10.2. The zero-order valence-corrected chi connectivity index (χ0v) is 19.7. The summed E-state index contributed by atoms with van der Waals surface area (Å²) in [5.41, 5.74) is 2.67. The molecule has 2 aliphatic heterocycles. The molecule has 2 fully saturated rings. The number of hydrogen-bond acceptors (Lipinski definition) is 4. The Labute approximate surface area is 197 Å². The normalized spacial score (nSPS) is 26.0. The Kier molecular flexibility index (Phi) is 6.13. The van der Waals surface area contributed by atoms with Crippen LogP contribution < -0.4 is 4.74 Å². The number of hydrogen-bond donors (Lipinski definition) is 1. The number of ether oxygens (including phenoxy) is 1. The van der Waals surface area contributed by atoms with Gasteiger partial charge in [0.1, 0.15) is 17.2 Å². The first-order valence-corrected chi connectivity index (χ1v) is 12.1. The van der Waals surface area contributed by atoms with Gasteiger partial charge in [-0.3, -0.25) is 9.80 Å². The highest BCUT2D eigenvalue weighted by molar-refractivity contribution is 5.35. The van der Waals surface area contributed by atoms with Gasteiger partial charge in [-0.15, -0.1) is 0 Å². The molecular weight excluding hydrogens is 408 g/mol. The Hall–Kier alpha value is -2.82. The lowest BCUT2D eigenvalue weighted by Gasteiger charge is -2.53. The van der Waals surface area contributed by atoms with Crippen LogP contribution in [0.5, 0.6) is 17.2 Å². The smallest absolute Gasteiger partial charge is 0.127 e. The number of nitrogens with zero attached hydrogens (tertiary/aromatic N) is 2. The van der Waals surface area contributed by atoms with Gasteiger partial charge >= 0.3 is 0 Å². The van der Waals surface area contributed by atoms with Crippen LogP contribution in [0.2, 0.25) is 0 Å². The van der Waals surface area contributed by atoms with E-state index < -0.39 is 0 Å². The molecule has 3 unspecified atom stereocenters. The molecule has 3 atom stereocenters. The fraction of sp³-hybridized carbons (Fsp3) is 0.379. The molecule has 172 valence electrons. The van der Waals surface area contributed by atoms with Crippen LogP contribution in [0, 0.1) is 5.92 Å². The number of aromatic hydroxyl groups is 1. The van der Waals surface area contributed by atoms with Gasteiger partial charge < -0.3 is 9.84 Å². The van der Waals surface area contributed by atoms with E-state index in [0.29, 0.717) is 17.7 Å². The Morgan fingerprint density at radius 2 is 1.67 bits per heavy atom. The maximum absolute atomic E-state index is 10.1. The van der Waals surface area contributed by atoms with E-state index >= 15 is 0 Å². The molecule has 33 heavy (non-hydrogen) atoms. The second-order valence-corrected chi connectivity index (χ2v) is 10.0. The molecule has 3 aromatic rings. The highest BCUT2D eigenvalue weighted by Gasteiger charge is 2.44. The van der Waals surface area contributed by atoms with Crippen LogP contribution in [-0.4, -0.2) is 47.1 Å². The average molecular weight is 443 g/mol. The Balaban J connectivity index is 1.23. The molecule has 0 aliphatic carbocycles. The first kappa shape index (κ1) is 22.0. The minimum Gasteiger partial charge on any atom is -0.508 e. The Morgan fingerprint density at radius 1 is 0.909 bits per heavy atom. The summed E-state index contributed by atoms with van der Waals surface area (Å²) in [7, 11) is 0. The fourth-order valence-corrected chi connectivity index (χ4v) is 5.59. The second kappa shape index (κ2) is 9.20. The molecule has 2 heterocycles. The first-order valence-electron chi connectivity index (χ1n) is 12.1. The lowest BCUT2D eigenvalue weighted by atomic mass is 9.65. The first-order chi connectivity index (χ1) is 16.0. The predicted molar refractivity (Wildman–Crippen MR) is 133 cm³/mol. The van der Waals surface area contributed by atoms with E-state index in [-0.39, 0.29) is 5.41 Å². The molecular formula is C29H34N2O2. The molecule has 0 spiro atoms. The van der Waals surface area contributed by atoms with Crippen molar-refractivity contribution >= 4 is 0 Å². The Bertz CT molecular complexity index is 1070. The van der Waals surface area contributed by atoms with Crippen molar-refractivity contribution in [3.63, 3.8) is 0 Å². The van der Waals surface area contributed by atoms with Gasteiger partial charge in [0.25, 0.3) is 0 Å². The zero-order valence-electron chi connectivity index (χ0n) is 19.7. The van der Waals surface area contributed by atoms with Gasteiger partial charge in [-0.1, -0.05) is 56.3 Å². The lowest BCUT2D eigenvalue weighted by Crippen LogP contribution is -2.60. The third kappa shape index (κ3) is 4.78. The molecule has 4 nitrogen and oxygen atoms in total. The van der Waals surface area contributed by atoms with E-state index in [1.807, 2.05) is 42.5 Å². The minimum atomic E-state index is 0.0827. The number of fused-ring (bicyclic) bond motifs is 1. The molecule has 2 saturated heterocycles. The predicted octanol–water partition coefficient (Wildman–Crippen LogP) is 5.67. The van der Waals surface area contributed by atoms with Crippen molar-refractivity contribution in [2.75, 3.05) is 26.2 Å². The van der Waals surface area contributed by atoms with Gasteiger partial charge in [-0.25, -0.2) is 0 Å². The van der Waals surface area contributed by atoms with E-state index in [9.17, 15) is 5.11 Å². The van der Waals surface area contributed by atoms with Crippen LogP contribution in [0.1, 0.15) is 31.4 Å². The molecule has 0 radical (unpaired) electrons. The number of rotatable bonds is 5. The number of para-hydroxylation sites is 1. The van der Waals surface area contributed by atoms with Crippen LogP contribution in [0.25, 0.3) is 0 Å². The van der Waals surface area contributed by atoms with Crippen LogP contribution in [0.4, 0.5) is 0 Å². The van der Waals surface area contributed by atoms with Crippen LogP contribution >= 0.6 is 0 Å². The summed E-state index contributed by atoms with van der Waals surface area (Å²) in [4.78, 5) is 5.27. The third-order valence-corrected chi connectivity index (χ3v) is 7.76. The SMILES string of the molecule is CC1CN2CCN(Cc3ccc(Oc4ccccc4)cc3)CC2CC1(C)c1cccc(O)c1. The maximum atomic E-state index is 10.1. The summed E-state index contributed by atoms with van der Waals surface area (Å²) in [6, 6.07) is 26.9. The summed E-state index contributed by atoms with van der Waals surface area (Å²) in [5, 5.41) is 10.1. The van der Waals surface area contributed by atoms with Crippen LogP contribution in [0.3, 0.4) is 0 Å². The van der Waals surface area contributed by atoms with E-state index in [2.05, 4.69) is 54.0 Å². The Morgan fingerprint density at radius 3 is 2.42 bits per heavy atom. The molecule has 3 aromatic carbocycles. The fourth-order valence-electron chi connectivity index (χ4n) is 5.59. The van der Waals surface area contributed by atoms with Crippen LogP contribution in [-0.2, 0) is 12.0 Å². The van der Waals surface area contributed by atoms with Crippen molar-refractivity contribution in [1.29, 1.82) is 0 Å². The van der Waals surface area contributed by atoms with E-state index in [4.69, 9.17) is 4.74 Å². The maximum Gasteiger partial charge on any atom is 0.127 e. The van der Waals surface area contributed by atoms with Gasteiger partial charge in [-0.05, 0) is 65.3 Å². The number of piperidine rings is 1. The zero-order chi connectivity index (χ0) is 22.8. The van der Waals surface area contributed by atoms with Gasteiger partial charge in [0.2, 0.25) is 0 Å². The number of phenolic OH excluding ortho intramolecular Hbond substituents is 1. The van der Waals surface area contributed by atoms with E-state index in [1.165, 1.54) is 11.1 Å². The lowest BCUT2D eigenvalue weighted by molar-refractivity contribution is -0.00558. The van der Waals surface area contributed by atoms with Gasteiger partial charge in [-0.2, -0.15) is 0 Å². The topological polar surface area (TPSA) is 35.9 Å².